The lowest BCUT2D eigenvalue weighted by atomic mass is 10.5. The summed E-state index contributed by atoms with van der Waals surface area (Å²) in [6.07, 6.45) is 0.745. The van der Waals surface area contributed by atoms with Crippen molar-refractivity contribution in [3.8, 4) is 0 Å². The zero-order valence-corrected chi connectivity index (χ0v) is 7.02. The molecule has 0 saturated heterocycles. The van der Waals surface area contributed by atoms with Crippen molar-refractivity contribution in [1.29, 1.82) is 0 Å². The fourth-order valence-corrected chi connectivity index (χ4v) is 0.872. The Labute approximate surface area is 66.1 Å². The molecule has 1 N–H and O–H groups in total. The molecule has 0 heterocycles. The van der Waals surface area contributed by atoms with Gasteiger partial charge in [0.15, 0.2) is 0 Å². The number of thioether (sulfide) groups is 1. The van der Waals surface area contributed by atoms with E-state index >= 15 is 0 Å². The van der Waals surface area contributed by atoms with Gasteiger partial charge in [0, 0.05) is 13.2 Å². The van der Waals surface area contributed by atoms with Crippen molar-refractivity contribution in [2.45, 2.75) is 13.3 Å². The SMILES string of the molecule is C=CSC(C)=NCCCO. The van der Waals surface area contributed by atoms with E-state index in [1.54, 1.807) is 5.41 Å². The molecule has 0 atom stereocenters. The van der Waals surface area contributed by atoms with Crippen LogP contribution >= 0.6 is 11.8 Å². The van der Waals surface area contributed by atoms with Gasteiger partial charge in [0.05, 0.1) is 5.04 Å². The smallest absolute Gasteiger partial charge is 0.0686 e. The lowest BCUT2D eigenvalue weighted by Crippen LogP contribution is -1.89. The second kappa shape index (κ2) is 6.83. The minimum absolute atomic E-state index is 0.218. The average molecular weight is 159 g/mol. The van der Waals surface area contributed by atoms with Gasteiger partial charge in [-0.25, -0.2) is 0 Å². The van der Waals surface area contributed by atoms with Crippen molar-refractivity contribution in [2.75, 3.05) is 13.2 Å². The van der Waals surface area contributed by atoms with Crippen LogP contribution in [0.2, 0.25) is 0 Å². The molecule has 0 aliphatic heterocycles. The molecular formula is C7H13NOS. The molecule has 0 aliphatic rings. The molecule has 0 aromatic carbocycles. The third kappa shape index (κ3) is 5.85. The molecule has 0 saturated carbocycles. The van der Waals surface area contributed by atoms with Gasteiger partial charge >= 0.3 is 0 Å². The molecule has 58 valence electrons. The summed E-state index contributed by atoms with van der Waals surface area (Å²) in [5, 5.41) is 11.2. The normalized spacial score (nSPS) is 11.6. The molecule has 0 bridgehead atoms. The van der Waals surface area contributed by atoms with Crippen molar-refractivity contribution in [1.82, 2.24) is 0 Å². The van der Waals surface area contributed by atoms with E-state index in [1.165, 1.54) is 11.8 Å². The summed E-state index contributed by atoms with van der Waals surface area (Å²) in [5.41, 5.74) is 0. The molecule has 0 aromatic heterocycles. The van der Waals surface area contributed by atoms with Crippen LogP contribution in [0.5, 0.6) is 0 Å². The predicted molar refractivity (Wildman–Crippen MR) is 47.5 cm³/mol. The van der Waals surface area contributed by atoms with Crippen LogP contribution in [0, 0.1) is 0 Å². The Morgan fingerprint density at radius 2 is 2.50 bits per heavy atom. The van der Waals surface area contributed by atoms with Crippen molar-refractivity contribution < 1.29 is 5.11 Å². The van der Waals surface area contributed by atoms with E-state index in [0.717, 1.165) is 11.5 Å². The number of aliphatic hydroxyl groups excluding tert-OH is 1. The van der Waals surface area contributed by atoms with Crippen LogP contribution in [0.25, 0.3) is 0 Å². The number of rotatable bonds is 4. The van der Waals surface area contributed by atoms with Crippen molar-refractivity contribution in [2.24, 2.45) is 4.99 Å². The minimum atomic E-state index is 0.218. The molecule has 0 radical (unpaired) electrons. The van der Waals surface area contributed by atoms with Crippen LogP contribution in [0.4, 0.5) is 0 Å². The first-order valence-corrected chi connectivity index (χ1v) is 4.08. The molecule has 0 unspecified atom stereocenters. The topological polar surface area (TPSA) is 32.6 Å². The first-order valence-electron chi connectivity index (χ1n) is 3.20. The van der Waals surface area contributed by atoms with Crippen LogP contribution in [-0.2, 0) is 0 Å². The highest BCUT2D eigenvalue weighted by atomic mass is 32.2. The van der Waals surface area contributed by atoms with Gasteiger partial charge in [-0.3, -0.25) is 4.99 Å². The molecule has 3 heteroatoms. The number of hydrogen-bond acceptors (Lipinski definition) is 3. The largest absolute Gasteiger partial charge is 0.396 e. The van der Waals surface area contributed by atoms with E-state index < -0.39 is 0 Å². The van der Waals surface area contributed by atoms with Crippen molar-refractivity contribution >= 4 is 16.8 Å². The molecule has 0 aromatic rings. The van der Waals surface area contributed by atoms with Crippen LogP contribution in [-0.4, -0.2) is 23.3 Å². The first kappa shape index (κ1) is 9.72. The lowest BCUT2D eigenvalue weighted by Gasteiger charge is -1.93. The quantitative estimate of drug-likeness (QED) is 0.384. The molecule has 10 heavy (non-hydrogen) atoms. The van der Waals surface area contributed by atoms with E-state index in [4.69, 9.17) is 5.11 Å². The maximum atomic E-state index is 8.41. The molecule has 0 spiro atoms. The van der Waals surface area contributed by atoms with Crippen LogP contribution in [0.15, 0.2) is 17.0 Å². The van der Waals surface area contributed by atoms with Crippen molar-refractivity contribution in [3.05, 3.63) is 12.0 Å². The van der Waals surface area contributed by atoms with E-state index in [2.05, 4.69) is 11.6 Å². The van der Waals surface area contributed by atoms with Gasteiger partial charge in [-0.1, -0.05) is 18.3 Å². The number of hydrogen-bond donors (Lipinski definition) is 1. The van der Waals surface area contributed by atoms with Gasteiger partial charge < -0.3 is 5.11 Å². The highest BCUT2D eigenvalue weighted by Crippen LogP contribution is 2.03. The number of aliphatic hydroxyl groups is 1. The molecule has 0 rings (SSSR count). The van der Waals surface area contributed by atoms with Gasteiger partial charge in [-0.2, -0.15) is 0 Å². The van der Waals surface area contributed by atoms with Crippen molar-refractivity contribution in [3.63, 3.8) is 0 Å². The van der Waals surface area contributed by atoms with Gasteiger partial charge in [-0.05, 0) is 18.8 Å². The number of aliphatic imine (C=N–C) groups is 1. The molecule has 2 nitrogen and oxygen atoms in total. The Hall–Kier alpha value is -0.280. The summed E-state index contributed by atoms with van der Waals surface area (Å²) < 4.78 is 0. The molecule has 0 fully saturated rings. The monoisotopic (exact) mass is 159 g/mol. The second-order valence-corrected chi connectivity index (χ2v) is 2.92. The van der Waals surface area contributed by atoms with Crippen LogP contribution in [0.3, 0.4) is 0 Å². The van der Waals surface area contributed by atoms with E-state index in [1.807, 2.05) is 6.92 Å². The fourth-order valence-electron chi connectivity index (χ4n) is 0.465. The van der Waals surface area contributed by atoms with Gasteiger partial charge in [0.2, 0.25) is 0 Å². The minimum Gasteiger partial charge on any atom is -0.396 e. The molecule has 0 amide bonds. The van der Waals surface area contributed by atoms with Gasteiger partial charge in [0.1, 0.15) is 0 Å². The Morgan fingerprint density at radius 1 is 1.80 bits per heavy atom. The standard InChI is InChI=1S/C7H13NOS/c1-3-10-7(2)8-5-4-6-9/h3,9H,1,4-6H2,2H3. The third-order valence-corrected chi connectivity index (χ3v) is 1.54. The van der Waals surface area contributed by atoms with Crippen LogP contribution in [0.1, 0.15) is 13.3 Å². The number of nitrogens with zero attached hydrogens (tertiary/aromatic N) is 1. The Kier molecular flexibility index (Phi) is 6.64. The lowest BCUT2D eigenvalue weighted by molar-refractivity contribution is 0.291. The third-order valence-electron chi connectivity index (χ3n) is 0.905. The summed E-state index contributed by atoms with van der Waals surface area (Å²) >= 11 is 1.51. The maximum absolute atomic E-state index is 8.41. The zero-order valence-electron chi connectivity index (χ0n) is 6.21. The van der Waals surface area contributed by atoms with E-state index in [0.29, 0.717) is 6.54 Å². The summed E-state index contributed by atoms with van der Waals surface area (Å²) in [4.78, 5) is 4.15. The molecular weight excluding hydrogens is 146 g/mol. The first-order chi connectivity index (χ1) is 4.81. The van der Waals surface area contributed by atoms with Gasteiger partial charge in [-0.15, -0.1) is 0 Å². The fraction of sp³-hybridized carbons (Fsp3) is 0.571. The van der Waals surface area contributed by atoms with Gasteiger partial charge in [0.25, 0.3) is 0 Å². The highest BCUT2D eigenvalue weighted by Gasteiger charge is 1.85. The Bertz CT molecular complexity index is 123. The maximum Gasteiger partial charge on any atom is 0.0686 e. The Morgan fingerprint density at radius 3 is 3.00 bits per heavy atom. The predicted octanol–water partition coefficient (Wildman–Crippen LogP) is 1.66. The van der Waals surface area contributed by atoms with Crippen LogP contribution < -0.4 is 0 Å². The van der Waals surface area contributed by atoms with E-state index in [9.17, 15) is 0 Å². The summed E-state index contributed by atoms with van der Waals surface area (Å²) in [5.74, 6) is 0. The Balaban J connectivity index is 3.37. The summed E-state index contributed by atoms with van der Waals surface area (Å²) in [7, 11) is 0. The second-order valence-electron chi connectivity index (χ2n) is 1.76. The average Bonchev–Trinajstić information content (AvgIpc) is 1.89. The molecule has 0 aliphatic carbocycles. The highest BCUT2D eigenvalue weighted by molar-refractivity contribution is 8.16. The summed E-state index contributed by atoms with van der Waals surface area (Å²) in [6.45, 7) is 6.43. The van der Waals surface area contributed by atoms with E-state index in [-0.39, 0.29) is 6.61 Å². The zero-order chi connectivity index (χ0) is 7.82. The summed E-state index contributed by atoms with van der Waals surface area (Å²) in [6, 6.07) is 0.